The van der Waals surface area contributed by atoms with Crippen LogP contribution in [0.2, 0.25) is 0 Å². The van der Waals surface area contributed by atoms with Gasteiger partial charge in [-0.15, -0.1) is 0 Å². The topological polar surface area (TPSA) is 62.5 Å². The maximum Gasteiger partial charge on any atom is 0.191 e. The van der Waals surface area contributed by atoms with Crippen LogP contribution in [0.25, 0.3) is 0 Å². The van der Waals surface area contributed by atoms with Gasteiger partial charge in [0, 0.05) is 18.7 Å². The molecular formula is C19H28N4O. The number of aromatic nitrogens is 1. The summed E-state index contributed by atoms with van der Waals surface area (Å²) < 4.78 is 5.28. The highest BCUT2D eigenvalue weighted by atomic mass is 16.5. The van der Waals surface area contributed by atoms with Crippen LogP contribution in [0, 0.1) is 0 Å². The summed E-state index contributed by atoms with van der Waals surface area (Å²) in [6.45, 7) is 7.63. The lowest BCUT2D eigenvalue weighted by atomic mass is 10.1. The average molecular weight is 328 g/mol. The van der Waals surface area contributed by atoms with Crippen LogP contribution in [-0.4, -0.2) is 23.7 Å². The molecule has 0 aliphatic carbocycles. The molecule has 0 aliphatic heterocycles. The van der Waals surface area contributed by atoms with Crippen LogP contribution in [0.5, 0.6) is 0 Å². The molecule has 0 saturated heterocycles. The Balaban J connectivity index is 1.85. The van der Waals surface area contributed by atoms with Gasteiger partial charge in [-0.05, 0) is 38.7 Å². The van der Waals surface area contributed by atoms with Gasteiger partial charge in [0.15, 0.2) is 11.7 Å². The highest BCUT2D eigenvalue weighted by molar-refractivity contribution is 5.79. The number of hydrogen-bond donors (Lipinski definition) is 2. The molecule has 2 N–H and O–H groups in total. The van der Waals surface area contributed by atoms with E-state index in [-0.39, 0.29) is 0 Å². The Morgan fingerprint density at radius 2 is 2.04 bits per heavy atom. The normalized spacial score (nSPS) is 12.9. The molecule has 0 aliphatic rings. The summed E-state index contributed by atoms with van der Waals surface area (Å²) in [5.41, 5.74) is 2.33. The molecule has 1 heterocycles. The van der Waals surface area contributed by atoms with E-state index in [4.69, 9.17) is 4.52 Å². The third-order valence-electron chi connectivity index (χ3n) is 3.80. The van der Waals surface area contributed by atoms with Gasteiger partial charge in [0.2, 0.25) is 0 Å². The SMILES string of the molecule is CCNC(=NCc1cc(CC)no1)NC(C)CCc1ccccc1. The highest BCUT2D eigenvalue weighted by Crippen LogP contribution is 2.06. The fourth-order valence-electron chi connectivity index (χ4n) is 2.41. The molecule has 0 spiro atoms. The number of rotatable bonds is 8. The lowest BCUT2D eigenvalue weighted by Gasteiger charge is -2.17. The van der Waals surface area contributed by atoms with Crippen molar-refractivity contribution in [2.75, 3.05) is 6.54 Å². The van der Waals surface area contributed by atoms with Crippen molar-refractivity contribution < 1.29 is 4.52 Å². The molecule has 5 nitrogen and oxygen atoms in total. The van der Waals surface area contributed by atoms with Gasteiger partial charge in [-0.2, -0.15) is 0 Å². The van der Waals surface area contributed by atoms with Crippen LogP contribution < -0.4 is 10.6 Å². The van der Waals surface area contributed by atoms with Gasteiger partial charge in [-0.25, -0.2) is 4.99 Å². The number of nitrogens with one attached hydrogen (secondary N) is 2. The van der Waals surface area contributed by atoms with Crippen LogP contribution in [-0.2, 0) is 19.4 Å². The minimum atomic E-state index is 0.337. The summed E-state index contributed by atoms with van der Waals surface area (Å²) in [6.07, 6.45) is 2.98. The number of hydrogen-bond acceptors (Lipinski definition) is 3. The fourth-order valence-corrected chi connectivity index (χ4v) is 2.41. The van der Waals surface area contributed by atoms with Crippen LogP contribution >= 0.6 is 0 Å². The molecule has 24 heavy (non-hydrogen) atoms. The van der Waals surface area contributed by atoms with Crippen molar-refractivity contribution in [2.24, 2.45) is 4.99 Å². The first-order chi connectivity index (χ1) is 11.7. The van der Waals surface area contributed by atoms with E-state index in [1.807, 2.05) is 6.07 Å². The second-order valence-corrected chi connectivity index (χ2v) is 5.90. The van der Waals surface area contributed by atoms with Crippen LogP contribution in [0.1, 0.15) is 44.2 Å². The minimum absolute atomic E-state index is 0.337. The Kier molecular flexibility index (Phi) is 7.33. The Morgan fingerprint density at radius 3 is 2.71 bits per heavy atom. The molecule has 1 aromatic heterocycles. The number of aryl methyl sites for hydroxylation is 2. The molecule has 1 atom stereocenters. The largest absolute Gasteiger partial charge is 0.359 e. The van der Waals surface area contributed by atoms with Gasteiger partial charge in [0.25, 0.3) is 0 Å². The first-order valence-corrected chi connectivity index (χ1v) is 8.74. The van der Waals surface area contributed by atoms with Gasteiger partial charge >= 0.3 is 0 Å². The van der Waals surface area contributed by atoms with Gasteiger partial charge in [-0.3, -0.25) is 0 Å². The van der Waals surface area contributed by atoms with E-state index < -0.39 is 0 Å². The summed E-state index contributed by atoms with van der Waals surface area (Å²) in [4.78, 5) is 4.59. The molecule has 5 heteroatoms. The second kappa shape index (κ2) is 9.75. The summed E-state index contributed by atoms with van der Waals surface area (Å²) in [6, 6.07) is 12.9. The summed E-state index contributed by atoms with van der Waals surface area (Å²) in [7, 11) is 0. The summed E-state index contributed by atoms with van der Waals surface area (Å²) >= 11 is 0. The van der Waals surface area contributed by atoms with Crippen LogP contribution in [0.3, 0.4) is 0 Å². The molecule has 2 aromatic rings. The Morgan fingerprint density at radius 1 is 1.25 bits per heavy atom. The lowest BCUT2D eigenvalue weighted by molar-refractivity contribution is 0.379. The fraction of sp³-hybridized carbons (Fsp3) is 0.474. The number of guanidine groups is 1. The van der Waals surface area contributed by atoms with E-state index in [1.54, 1.807) is 0 Å². The molecule has 1 aromatic carbocycles. The van der Waals surface area contributed by atoms with Crippen molar-refractivity contribution in [3.63, 3.8) is 0 Å². The molecule has 0 saturated carbocycles. The zero-order valence-corrected chi connectivity index (χ0v) is 14.9. The Hall–Kier alpha value is -2.30. The molecule has 1 unspecified atom stereocenters. The van der Waals surface area contributed by atoms with E-state index in [9.17, 15) is 0 Å². The zero-order valence-electron chi connectivity index (χ0n) is 14.9. The van der Waals surface area contributed by atoms with Crippen LogP contribution in [0.4, 0.5) is 0 Å². The highest BCUT2D eigenvalue weighted by Gasteiger charge is 2.07. The molecule has 0 radical (unpaired) electrons. The van der Waals surface area contributed by atoms with Gasteiger partial charge in [-0.1, -0.05) is 42.4 Å². The number of nitrogens with zero attached hydrogens (tertiary/aromatic N) is 2. The lowest BCUT2D eigenvalue weighted by Crippen LogP contribution is -2.42. The maximum absolute atomic E-state index is 5.28. The number of benzene rings is 1. The van der Waals surface area contributed by atoms with Gasteiger partial charge < -0.3 is 15.2 Å². The third kappa shape index (κ3) is 6.07. The van der Waals surface area contributed by atoms with E-state index in [1.165, 1.54) is 5.56 Å². The van der Waals surface area contributed by atoms with Crippen molar-refractivity contribution in [3.05, 3.63) is 53.4 Å². The van der Waals surface area contributed by atoms with Gasteiger partial charge in [0.05, 0.1) is 5.69 Å². The van der Waals surface area contributed by atoms with E-state index in [0.29, 0.717) is 12.6 Å². The average Bonchev–Trinajstić information content (AvgIpc) is 3.07. The third-order valence-corrected chi connectivity index (χ3v) is 3.80. The van der Waals surface area contributed by atoms with E-state index >= 15 is 0 Å². The molecule has 0 bridgehead atoms. The summed E-state index contributed by atoms with van der Waals surface area (Å²) in [5, 5.41) is 10.7. The smallest absolute Gasteiger partial charge is 0.191 e. The Bertz CT molecular complexity index is 621. The predicted molar refractivity (Wildman–Crippen MR) is 98.1 cm³/mol. The monoisotopic (exact) mass is 328 g/mol. The van der Waals surface area contributed by atoms with E-state index in [0.717, 1.165) is 43.2 Å². The Labute approximate surface area is 144 Å². The molecule has 130 valence electrons. The van der Waals surface area contributed by atoms with E-state index in [2.05, 4.69) is 71.9 Å². The summed E-state index contributed by atoms with van der Waals surface area (Å²) in [5.74, 6) is 1.61. The predicted octanol–water partition coefficient (Wildman–Crippen LogP) is 3.31. The van der Waals surface area contributed by atoms with Crippen molar-refractivity contribution in [1.82, 2.24) is 15.8 Å². The van der Waals surface area contributed by atoms with Crippen molar-refractivity contribution in [1.29, 1.82) is 0 Å². The van der Waals surface area contributed by atoms with Crippen molar-refractivity contribution in [2.45, 2.75) is 52.6 Å². The van der Waals surface area contributed by atoms with Crippen molar-refractivity contribution in [3.8, 4) is 0 Å². The minimum Gasteiger partial charge on any atom is -0.359 e. The molecule has 0 amide bonds. The number of aliphatic imine (C=N–C) groups is 1. The maximum atomic E-state index is 5.28. The van der Waals surface area contributed by atoms with Crippen LogP contribution in [0.15, 0.2) is 45.9 Å². The molecule has 0 fully saturated rings. The quantitative estimate of drug-likeness (QED) is 0.576. The standard InChI is InChI=1S/C19H28N4O/c1-4-17-13-18(24-23-17)14-21-19(20-5-2)22-15(3)11-12-16-9-7-6-8-10-16/h6-10,13,15H,4-5,11-12,14H2,1-3H3,(H2,20,21,22). The van der Waals surface area contributed by atoms with Gasteiger partial charge in [0.1, 0.15) is 6.54 Å². The molecular weight excluding hydrogens is 300 g/mol. The molecule has 2 rings (SSSR count). The second-order valence-electron chi connectivity index (χ2n) is 5.90. The zero-order chi connectivity index (χ0) is 17.2. The van der Waals surface area contributed by atoms with Crippen molar-refractivity contribution >= 4 is 5.96 Å². The first kappa shape index (κ1) is 18.0. The first-order valence-electron chi connectivity index (χ1n) is 8.74.